The fraction of sp³-hybridized carbons (Fsp3) is 0.750. The Bertz CT molecular complexity index is 255. The van der Waals surface area contributed by atoms with E-state index in [0.29, 0.717) is 0 Å². The molecule has 6 nitrogen and oxygen atoms in total. The standard InChI is InChI=1S/C4H8N2O4S/c7-4(8)6-11(9,10)5-3-1-2-3/h3,5-6H,1-2H2,(H,7,8). The van der Waals surface area contributed by atoms with E-state index in [1.165, 1.54) is 4.72 Å². The summed E-state index contributed by atoms with van der Waals surface area (Å²) in [6.07, 6.45) is -0.0146. The van der Waals surface area contributed by atoms with Crippen LogP contribution in [0.15, 0.2) is 0 Å². The molecule has 0 heterocycles. The molecule has 0 spiro atoms. The first-order chi connectivity index (χ1) is 4.99. The van der Waals surface area contributed by atoms with Gasteiger partial charge in [-0.05, 0) is 12.8 Å². The van der Waals surface area contributed by atoms with Crippen molar-refractivity contribution in [2.45, 2.75) is 18.9 Å². The first kappa shape index (κ1) is 8.28. The summed E-state index contributed by atoms with van der Waals surface area (Å²) in [7, 11) is -3.82. The van der Waals surface area contributed by atoms with E-state index in [4.69, 9.17) is 5.11 Å². The van der Waals surface area contributed by atoms with Crippen LogP contribution in [0, 0.1) is 0 Å². The van der Waals surface area contributed by atoms with Gasteiger partial charge >= 0.3 is 16.3 Å². The lowest BCUT2D eigenvalue weighted by Gasteiger charge is -2.02. The van der Waals surface area contributed by atoms with Crippen molar-refractivity contribution in [3.05, 3.63) is 0 Å². The zero-order valence-electron chi connectivity index (χ0n) is 5.57. The van der Waals surface area contributed by atoms with Crippen molar-refractivity contribution in [1.82, 2.24) is 9.44 Å². The molecule has 0 atom stereocenters. The zero-order valence-corrected chi connectivity index (χ0v) is 6.39. The van der Waals surface area contributed by atoms with E-state index < -0.39 is 16.3 Å². The number of hydrogen-bond acceptors (Lipinski definition) is 3. The van der Waals surface area contributed by atoms with Crippen LogP contribution >= 0.6 is 0 Å². The van der Waals surface area contributed by atoms with Crippen molar-refractivity contribution in [3.8, 4) is 0 Å². The maximum Gasteiger partial charge on any atom is 0.419 e. The molecule has 0 aromatic carbocycles. The number of hydrogen-bond donors (Lipinski definition) is 3. The van der Waals surface area contributed by atoms with Crippen molar-refractivity contribution >= 4 is 16.3 Å². The Morgan fingerprint density at radius 1 is 1.45 bits per heavy atom. The van der Waals surface area contributed by atoms with Crippen molar-refractivity contribution in [1.29, 1.82) is 0 Å². The average Bonchev–Trinajstić information content (AvgIpc) is 2.43. The Hall–Kier alpha value is -0.820. The van der Waals surface area contributed by atoms with Crippen molar-refractivity contribution in [3.63, 3.8) is 0 Å². The molecule has 1 aliphatic carbocycles. The van der Waals surface area contributed by atoms with Crippen LogP contribution in [0.4, 0.5) is 4.79 Å². The first-order valence-electron chi connectivity index (χ1n) is 3.02. The van der Waals surface area contributed by atoms with E-state index in [1.807, 2.05) is 0 Å². The third kappa shape index (κ3) is 3.19. The molecule has 3 N–H and O–H groups in total. The molecular weight excluding hydrogens is 172 g/mol. The molecule has 0 aromatic rings. The van der Waals surface area contributed by atoms with Crippen LogP contribution < -0.4 is 9.44 Å². The number of carboxylic acid groups (broad SMARTS) is 1. The highest BCUT2D eigenvalue weighted by Crippen LogP contribution is 2.19. The molecular formula is C4H8N2O4S. The minimum atomic E-state index is -3.82. The van der Waals surface area contributed by atoms with Crippen LogP contribution in [0.1, 0.15) is 12.8 Å². The molecule has 0 unspecified atom stereocenters. The highest BCUT2D eigenvalue weighted by atomic mass is 32.2. The summed E-state index contributed by atoms with van der Waals surface area (Å²) in [6, 6.07) is -0.0770. The summed E-state index contributed by atoms with van der Waals surface area (Å²) in [5, 5.41) is 8.05. The van der Waals surface area contributed by atoms with Gasteiger partial charge in [0, 0.05) is 6.04 Å². The molecule has 7 heteroatoms. The topological polar surface area (TPSA) is 95.5 Å². The van der Waals surface area contributed by atoms with Gasteiger partial charge in [0.2, 0.25) is 0 Å². The summed E-state index contributed by atoms with van der Waals surface area (Å²) < 4.78 is 24.9. The predicted octanol–water partition coefficient (Wildman–Crippen LogP) is -0.749. The van der Waals surface area contributed by atoms with E-state index in [9.17, 15) is 13.2 Å². The van der Waals surface area contributed by atoms with Gasteiger partial charge in [0.1, 0.15) is 0 Å². The quantitative estimate of drug-likeness (QED) is 0.532. The summed E-state index contributed by atoms with van der Waals surface area (Å²) in [5.74, 6) is 0. The third-order valence-electron chi connectivity index (χ3n) is 1.12. The van der Waals surface area contributed by atoms with Gasteiger partial charge in [-0.1, -0.05) is 0 Å². The van der Waals surface area contributed by atoms with E-state index in [2.05, 4.69) is 4.72 Å². The van der Waals surface area contributed by atoms with Crippen molar-refractivity contribution in [2.24, 2.45) is 0 Å². The zero-order chi connectivity index (χ0) is 8.48. The molecule has 1 aliphatic rings. The molecule has 1 amide bonds. The maximum absolute atomic E-state index is 10.7. The fourth-order valence-electron chi connectivity index (χ4n) is 0.565. The number of carbonyl (C=O) groups is 1. The van der Waals surface area contributed by atoms with Gasteiger partial charge in [-0.15, -0.1) is 0 Å². The lowest BCUT2D eigenvalue weighted by Crippen LogP contribution is -2.40. The lowest BCUT2D eigenvalue weighted by atomic mass is 10.8. The number of amides is 1. The Morgan fingerprint density at radius 3 is 2.36 bits per heavy atom. The van der Waals surface area contributed by atoms with E-state index in [1.54, 1.807) is 0 Å². The summed E-state index contributed by atoms with van der Waals surface area (Å²) in [5.41, 5.74) is 0. The second kappa shape index (κ2) is 2.67. The summed E-state index contributed by atoms with van der Waals surface area (Å²) in [4.78, 5) is 9.89. The van der Waals surface area contributed by atoms with Gasteiger partial charge in [-0.3, -0.25) is 0 Å². The molecule has 0 saturated heterocycles. The molecule has 0 aromatic heterocycles. The van der Waals surface area contributed by atoms with Gasteiger partial charge in [0.15, 0.2) is 0 Å². The average molecular weight is 180 g/mol. The Morgan fingerprint density at radius 2 is 2.00 bits per heavy atom. The molecule has 0 radical (unpaired) electrons. The first-order valence-corrected chi connectivity index (χ1v) is 4.51. The van der Waals surface area contributed by atoms with Crippen LogP contribution in [0.25, 0.3) is 0 Å². The Kier molecular flexibility index (Phi) is 2.01. The Labute approximate surface area is 63.8 Å². The van der Waals surface area contributed by atoms with E-state index >= 15 is 0 Å². The second-order valence-corrected chi connectivity index (χ2v) is 3.75. The van der Waals surface area contributed by atoms with Crippen LogP contribution in [0.5, 0.6) is 0 Å². The van der Waals surface area contributed by atoms with Crippen LogP contribution in [-0.4, -0.2) is 25.7 Å². The molecule has 0 aliphatic heterocycles. The van der Waals surface area contributed by atoms with Crippen LogP contribution in [0.2, 0.25) is 0 Å². The van der Waals surface area contributed by atoms with Gasteiger partial charge < -0.3 is 5.11 Å². The minimum absolute atomic E-state index is 0.0770. The lowest BCUT2D eigenvalue weighted by molar-refractivity contribution is 0.201. The van der Waals surface area contributed by atoms with Crippen molar-refractivity contribution in [2.75, 3.05) is 0 Å². The third-order valence-corrected chi connectivity index (χ3v) is 2.21. The fourth-order valence-corrected chi connectivity index (χ4v) is 1.53. The maximum atomic E-state index is 10.7. The monoisotopic (exact) mass is 180 g/mol. The van der Waals surface area contributed by atoms with E-state index in [-0.39, 0.29) is 6.04 Å². The predicted molar refractivity (Wildman–Crippen MR) is 36.2 cm³/mol. The minimum Gasteiger partial charge on any atom is -0.464 e. The molecule has 1 fully saturated rings. The normalized spacial score (nSPS) is 17.8. The van der Waals surface area contributed by atoms with Crippen LogP contribution in [-0.2, 0) is 10.2 Å². The summed E-state index contributed by atoms with van der Waals surface area (Å²) >= 11 is 0. The largest absolute Gasteiger partial charge is 0.464 e. The van der Waals surface area contributed by atoms with Gasteiger partial charge in [0.25, 0.3) is 0 Å². The van der Waals surface area contributed by atoms with Gasteiger partial charge in [-0.2, -0.15) is 13.1 Å². The molecule has 0 bridgehead atoms. The SMILES string of the molecule is O=C(O)NS(=O)(=O)NC1CC1. The highest BCUT2D eigenvalue weighted by Gasteiger charge is 2.27. The van der Waals surface area contributed by atoms with Gasteiger partial charge in [0.05, 0.1) is 0 Å². The van der Waals surface area contributed by atoms with Crippen LogP contribution in [0.3, 0.4) is 0 Å². The Balaban J connectivity index is 2.44. The molecule has 1 saturated carbocycles. The smallest absolute Gasteiger partial charge is 0.419 e. The number of rotatable bonds is 3. The van der Waals surface area contributed by atoms with E-state index in [0.717, 1.165) is 12.8 Å². The van der Waals surface area contributed by atoms with Gasteiger partial charge in [-0.25, -0.2) is 9.52 Å². The molecule has 1 rings (SSSR count). The molecule has 64 valence electrons. The highest BCUT2D eigenvalue weighted by molar-refractivity contribution is 7.88. The van der Waals surface area contributed by atoms with Crippen molar-refractivity contribution < 1.29 is 18.3 Å². The summed E-state index contributed by atoms with van der Waals surface area (Å²) in [6.45, 7) is 0. The number of nitrogens with one attached hydrogen (secondary N) is 2. The molecule has 11 heavy (non-hydrogen) atoms. The second-order valence-electron chi connectivity index (χ2n) is 2.30.